The van der Waals surface area contributed by atoms with Crippen molar-refractivity contribution in [2.45, 2.75) is 45.1 Å². The molecule has 1 fully saturated rings. The van der Waals surface area contributed by atoms with Gasteiger partial charge in [-0.05, 0) is 38.3 Å². The lowest BCUT2D eigenvalue weighted by molar-refractivity contribution is -0.114. The predicted molar refractivity (Wildman–Crippen MR) is 110 cm³/mol. The van der Waals surface area contributed by atoms with Crippen LogP contribution in [0.15, 0.2) is 29.6 Å². The topological polar surface area (TPSA) is 110 Å². The van der Waals surface area contributed by atoms with E-state index in [1.54, 1.807) is 12.3 Å². The highest BCUT2D eigenvalue weighted by Crippen LogP contribution is 2.51. The van der Waals surface area contributed by atoms with E-state index in [-0.39, 0.29) is 6.10 Å². The first-order valence-electron chi connectivity index (χ1n) is 10.1. The monoisotopic (exact) mass is 402 g/mol. The summed E-state index contributed by atoms with van der Waals surface area (Å²) in [4.78, 5) is 17.1. The number of nitrogens with zero attached hydrogens (tertiary/aromatic N) is 2. The number of nitrogens with two attached hydrogens (primary N) is 1. The van der Waals surface area contributed by atoms with Gasteiger partial charge in [-0.2, -0.15) is 5.26 Å². The molecule has 1 aromatic carbocycles. The first-order valence-corrected chi connectivity index (χ1v) is 10.1. The van der Waals surface area contributed by atoms with Crippen LogP contribution in [0.25, 0.3) is 0 Å². The van der Waals surface area contributed by atoms with E-state index in [1.165, 1.54) is 0 Å². The van der Waals surface area contributed by atoms with Crippen LogP contribution in [0.1, 0.15) is 53.5 Å². The minimum atomic E-state index is -0.509. The van der Waals surface area contributed by atoms with Crippen molar-refractivity contribution in [3.8, 4) is 17.7 Å². The van der Waals surface area contributed by atoms with Gasteiger partial charge in [-0.15, -0.1) is 0 Å². The number of primary amides is 1. The normalized spacial score (nSPS) is 19.3. The maximum atomic E-state index is 12.6. The molecule has 7 nitrogen and oxygen atoms in total. The fraction of sp³-hybridized carbons (Fsp3) is 0.348. The molecule has 3 heterocycles. The lowest BCUT2D eigenvalue weighted by Crippen LogP contribution is -2.29. The number of anilines is 1. The Morgan fingerprint density at radius 2 is 2.17 bits per heavy atom. The molecular formula is C23H22N4O3. The highest BCUT2D eigenvalue weighted by molar-refractivity contribution is 5.98. The number of nitrogens with one attached hydrogen (secondary N) is 1. The molecule has 3 aliphatic rings. The Morgan fingerprint density at radius 3 is 2.87 bits per heavy atom. The zero-order valence-corrected chi connectivity index (χ0v) is 16.9. The van der Waals surface area contributed by atoms with Crippen LogP contribution in [-0.2, 0) is 11.2 Å². The van der Waals surface area contributed by atoms with Crippen LogP contribution in [0, 0.1) is 18.3 Å². The Bertz CT molecular complexity index is 1160. The summed E-state index contributed by atoms with van der Waals surface area (Å²) in [7, 11) is 0. The number of nitriles is 1. The Morgan fingerprint density at radius 1 is 1.37 bits per heavy atom. The van der Waals surface area contributed by atoms with Gasteiger partial charge in [0.2, 0.25) is 11.8 Å². The van der Waals surface area contributed by atoms with Crippen molar-refractivity contribution in [1.29, 1.82) is 5.26 Å². The number of aromatic nitrogens is 1. The van der Waals surface area contributed by atoms with E-state index in [9.17, 15) is 10.1 Å². The van der Waals surface area contributed by atoms with Gasteiger partial charge < -0.3 is 20.5 Å². The number of fused-ring (bicyclic) bond motifs is 2. The van der Waals surface area contributed by atoms with Crippen molar-refractivity contribution in [3.05, 3.63) is 57.4 Å². The number of amides is 1. The van der Waals surface area contributed by atoms with E-state index in [4.69, 9.17) is 15.2 Å². The third-order valence-corrected chi connectivity index (χ3v) is 5.95. The summed E-state index contributed by atoms with van der Waals surface area (Å²) < 4.78 is 12.1. The van der Waals surface area contributed by atoms with Crippen molar-refractivity contribution < 1.29 is 14.3 Å². The predicted octanol–water partition coefficient (Wildman–Crippen LogP) is 3.05. The van der Waals surface area contributed by atoms with Gasteiger partial charge in [-0.1, -0.05) is 6.07 Å². The lowest BCUT2D eigenvalue weighted by atomic mass is 9.79. The zero-order chi connectivity index (χ0) is 21.0. The smallest absolute Gasteiger partial charge is 0.247 e. The van der Waals surface area contributed by atoms with E-state index in [0.717, 1.165) is 40.8 Å². The molecule has 1 saturated carbocycles. The Hall–Kier alpha value is -3.53. The molecule has 1 aromatic heterocycles. The molecule has 0 spiro atoms. The van der Waals surface area contributed by atoms with E-state index in [2.05, 4.69) is 16.4 Å². The van der Waals surface area contributed by atoms with Crippen LogP contribution in [0.5, 0.6) is 11.6 Å². The van der Waals surface area contributed by atoms with Gasteiger partial charge in [0, 0.05) is 35.0 Å². The van der Waals surface area contributed by atoms with Gasteiger partial charge in [0.15, 0.2) is 0 Å². The van der Waals surface area contributed by atoms with E-state index in [0.29, 0.717) is 41.5 Å². The van der Waals surface area contributed by atoms with Crippen LogP contribution in [-0.4, -0.2) is 23.6 Å². The third-order valence-electron chi connectivity index (χ3n) is 5.95. The van der Waals surface area contributed by atoms with Crippen LogP contribution in [0.3, 0.4) is 0 Å². The minimum Gasteiger partial charge on any atom is -0.493 e. The second kappa shape index (κ2) is 6.77. The summed E-state index contributed by atoms with van der Waals surface area (Å²) in [6, 6.07) is 5.90. The number of ether oxygens (including phenoxy) is 2. The highest BCUT2D eigenvalue weighted by Gasteiger charge is 2.39. The summed E-state index contributed by atoms with van der Waals surface area (Å²) in [6.07, 6.45) is 4.58. The molecule has 2 aliphatic heterocycles. The fourth-order valence-electron chi connectivity index (χ4n) is 4.39. The van der Waals surface area contributed by atoms with E-state index < -0.39 is 11.8 Å². The van der Waals surface area contributed by atoms with Crippen LogP contribution >= 0.6 is 0 Å². The molecule has 1 atom stereocenters. The molecule has 152 valence electrons. The molecule has 3 N–H and O–H groups in total. The first kappa shape index (κ1) is 18.5. The molecule has 0 bridgehead atoms. The molecule has 0 radical (unpaired) electrons. The summed E-state index contributed by atoms with van der Waals surface area (Å²) >= 11 is 0. The third kappa shape index (κ3) is 2.79. The van der Waals surface area contributed by atoms with Gasteiger partial charge in [-0.25, -0.2) is 4.98 Å². The van der Waals surface area contributed by atoms with Gasteiger partial charge in [0.1, 0.15) is 11.9 Å². The molecule has 0 saturated heterocycles. The number of hydrogen-bond acceptors (Lipinski definition) is 6. The maximum Gasteiger partial charge on any atom is 0.247 e. The van der Waals surface area contributed by atoms with Crippen molar-refractivity contribution in [2.24, 2.45) is 5.73 Å². The largest absolute Gasteiger partial charge is 0.493 e. The van der Waals surface area contributed by atoms with Crippen LogP contribution < -0.4 is 20.5 Å². The molecule has 1 aliphatic carbocycles. The zero-order valence-electron chi connectivity index (χ0n) is 16.9. The number of pyridine rings is 1. The van der Waals surface area contributed by atoms with Crippen molar-refractivity contribution >= 4 is 11.6 Å². The SMILES string of the molecule is CC1=C(C(N)=O)C(c2ccc(C#N)c3c2OCC3)c2c(OC3CC3)ncc(C)c2N1. The summed E-state index contributed by atoms with van der Waals surface area (Å²) in [6.45, 7) is 4.33. The van der Waals surface area contributed by atoms with Gasteiger partial charge >= 0.3 is 0 Å². The Kier molecular flexibility index (Phi) is 4.17. The average molecular weight is 402 g/mol. The minimum absolute atomic E-state index is 0.150. The molecule has 30 heavy (non-hydrogen) atoms. The molecular weight excluding hydrogens is 380 g/mol. The van der Waals surface area contributed by atoms with Crippen LogP contribution in [0.2, 0.25) is 0 Å². The van der Waals surface area contributed by atoms with Crippen molar-refractivity contribution in [2.75, 3.05) is 11.9 Å². The van der Waals surface area contributed by atoms with Crippen LogP contribution in [0.4, 0.5) is 5.69 Å². The quantitative estimate of drug-likeness (QED) is 0.813. The second-order valence-corrected chi connectivity index (χ2v) is 8.03. The Balaban J connectivity index is 1.79. The molecule has 7 heteroatoms. The summed E-state index contributed by atoms with van der Waals surface area (Å²) in [5, 5.41) is 12.8. The van der Waals surface area contributed by atoms with E-state index >= 15 is 0 Å². The fourth-order valence-corrected chi connectivity index (χ4v) is 4.39. The molecule has 1 amide bonds. The van der Waals surface area contributed by atoms with Gasteiger partial charge in [-0.3, -0.25) is 4.79 Å². The standard InChI is InChI=1S/C23H22N4O3/c1-11-10-26-23(30-14-4-5-14)19-18(17(22(25)28)12(2)27-20(11)19)16-6-3-13(9-24)15-7-8-29-21(15)16/h3,6,10,14,18,27H,4-5,7-8H2,1-2H3,(H2,25,28). The van der Waals surface area contributed by atoms with Gasteiger partial charge in [0.25, 0.3) is 0 Å². The van der Waals surface area contributed by atoms with E-state index in [1.807, 2.05) is 19.9 Å². The van der Waals surface area contributed by atoms with Crippen molar-refractivity contribution in [1.82, 2.24) is 4.98 Å². The maximum absolute atomic E-state index is 12.6. The molecule has 2 aromatic rings. The number of carbonyl (C=O) groups excluding carboxylic acids is 1. The second-order valence-electron chi connectivity index (χ2n) is 8.03. The number of hydrogen-bond donors (Lipinski definition) is 2. The lowest BCUT2D eigenvalue weighted by Gasteiger charge is -2.32. The number of carbonyl (C=O) groups is 1. The highest BCUT2D eigenvalue weighted by atomic mass is 16.5. The van der Waals surface area contributed by atoms with Gasteiger partial charge in [0.05, 0.1) is 35.4 Å². The first-order chi connectivity index (χ1) is 14.5. The number of rotatable bonds is 4. The summed E-state index contributed by atoms with van der Waals surface area (Å²) in [5.41, 5.74) is 11.9. The molecule has 1 unspecified atom stereocenters. The number of benzene rings is 1. The number of aryl methyl sites for hydroxylation is 1. The number of allylic oxidation sites excluding steroid dienone is 1. The average Bonchev–Trinajstić information content (AvgIpc) is 3.40. The molecule has 5 rings (SSSR count). The summed E-state index contributed by atoms with van der Waals surface area (Å²) in [5.74, 6) is 0.181. The van der Waals surface area contributed by atoms with Crippen molar-refractivity contribution in [3.63, 3.8) is 0 Å². The Labute approximate surface area is 174 Å².